The minimum absolute atomic E-state index is 0.0135. The quantitative estimate of drug-likeness (QED) is 0.530. The highest BCUT2D eigenvalue weighted by atomic mass is 16.6. The second kappa shape index (κ2) is 4.20. The molecule has 1 aromatic carbocycles. The van der Waals surface area contributed by atoms with E-state index in [-0.39, 0.29) is 11.6 Å². The van der Waals surface area contributed by atoms with Crippen molar-refractivity contribution in [1.82, 2.24) is 10.2 Å². The van der Waals surface area contributed by atoms with Crippen LogP contribution in [0.25, 0.3) is 22.6 Å². The molecular formula is C12H9N3O4. The lowest BCUT2D eigenvalue weighted by molar-refractivity contribution is -0.384. The van der Waals surface area contributed by atoms with Crippen molar-refractivity contribution in [2.75, 3.05) is 0 Å². The molecule has 3 aromatic rings. The molecule has 0 unspecified atom stereocenters. The molecule has 2 heterocycles. The van der Waals surface area contributed by atoms with Gasteiger partial charge in [-0.05, 0) is 12.1 Å². The van der Waals surface area contributed by atoms with Crippen molar-refractivity contribution >= 4 is 16.7 Å². The molecule has 7 nitrogen and oxygen atoms in total. The van der Waals surface area contributed by atoms with E-state index in [0.29, 0.717) is 29.0 Å². The Morgan fingerprint density at radius 1 is 1.26 bits per heavy atom. The molecule has 19 heavy (non-hydrogen) atoms. The van der Waals surface area contributed by atoms with Crippen LogP contribution in [0.2, 0.25) is 0 Å². The molecule has 3 rings (SSSR count). The minimum Gasteiger partial charge on any atom is -0.451 e. The SMILES string of the molecule is CCc1nnc(-c2cc3cc([N+](=O)[O-])ccc3o2)o1. The van der Waals surface area contributed by atoms with Gasteiger partial charge in [-0.15, -0.1) is 10.2 Å². The Bertz CT molecular complexity index is 759. The summed E-state index contributed by atoms with van der Waals surface area (Å²) in [6, 6.07) is 6.03. The van der Waals surface area contributed by atoms with Gasteiger partial charge in [0.2, 0.25) is 5.89 Å². The Morgan fingerprint density at radius 2 is 2.11 bits per heavy atom. The topological polar surface area (TPSA) is 95.2 Å². The molecule has 0 aliphatic carbocycles. The zero-order valence-corrected chi connectivity index (χ0v) is 9.99. The minimum atomic E-state index is -0.450. The Morgan fingerprint density at radius 3 is 2.79 bits per heavy atom. The van der Waals surface area contributed by atoms with Crippen molar-refractivity contribution < 1.29 is 13.8 Å². The van der Waals surface area contributed by atoms with Crippen LogP contribution in [0.4, 0.5) is 5.69 Å². The molecule has 7 heteroatoms. The summed E-state index contributed by atoms with van der Waals surface area (Å²) < 4.78 is 10.9. The first-order valence-corrected chi connectivity index (χ1v) is 5.68. The van der Waals surface area contributed by atoms with Crippen LogP contribution >= 0.6 is 0 Å². The number of aryl methyl sites for hydroxylation is 1. The molecule has 0 aliphatic rings. The average Bonchev–Trinajstić information content (AvgIpc) is 3.03. The van der Waals surface area contributed by atoms with Gasteiger partial charge >= 0.3 is 0 Å². The molecule has 0 saturated carbocycles. The zero-order valence-electron chi connectivity index (χ0n) is 9.99. The van der Waals surface area contributed by atoms with Crippen molar-refractivity contribution in [3.05, 3.63) is 40.3 Å². The van der Waals surface area contributed by atoms with E-state index in [1.807, 2.05) is 6.92 Å². The van der Waals surface area contributed by atoms with Gasteiger partial charge in [0.25, 0.3) is 11.6 Å². The predicted molar refractivity (Wildman–Crippen MR) is 65.5 cm³/mol. The van der Waals surface area contributed by atoms with E-state index in [0.717, 1.165) is 0 Å². The van der Waals surface area contributed by atoms with Crippen molar-refractivity contribution in [2.45, 2.75) is 13.3 Å². The maximum Gasteiger partial charge on any atom is 0.283 e. The fraction of sp³-hybridized carbons (Fsp3) is 0.167. The predicted octanol–water partition coefficient (Wildman–Crippen LogP) is 2.95. The Labute approximate surface area is 107 Å². The number of nitro benzene ring substituents is 1. The smallest absolute Gasteiger partial charge is 0.283 e. The van der Waals surface area contributed by atoms with Gasteiger partial charge in [0.05, 0.1) is 4.92 Å². The molecule has 2 aromatic heterocycles. The monoisotopic (exact) mass is 259 g/mol. The number of furan rings is 1. The highest BCUT2D eigenvalue weighted by Gasteiger charge is 2.15. The zero-order chi connectivity index (χ0) is 13.4. The van der Waals surface area contributed by atoms with Crippen LogP contribution in [0, 0.1) is 10.1 Å². The maximum absolute atomic E-state index is 10.7. The van der Waals surface area contributed by atoms with Gasteiger partial charge in [0, 0.05) is 23.9 Å². The third-order valence-corrected chi connectivity index (χ3v) is 2.69. The van der Waals surface area contributed by atoms with Gasteiger partial charge < -0.3 is 8.83 Å². The van der Waals surface area contributed by atoms with Gasteiger partial charge in [0.15, 0.2) is 5.76 Å². The number of nitro groups is 1. The lowest BCUT2D eigenvalue weighted by atomic mass is 10.2. The molecule has 0 fully saturated rings. The second-order valence-electron chi connectivity index (χ2n) is 3.94. The van der Waals surface area contributed by atoms with E-state index in [9.17, 15) is 10.1 Å². The average molecular weight is 259 g/mol. The van der Waals surface area contributed by atoms with E-state index < -0.39 is 4.92 Å². The molecule has 0 spiro atoms. The molecule has 0 N–H and O–H groups in total. The molecule has 96 valence electrons. The van der Waals surface area contributed by atoms with Gasteiger partial charge in [-0.25, -0.2) is 0 Å². The van der Waals surface area contributed by atoms with Gasteiger partial charge in [-0.3, -0.25) is 10.1 Å². The standard InChI is InChI=1S/C12H9N3O4/c1-2-11-13-14-12(19-11)10-6-7-5-8(15(16)17)3-4-9(7)18-10/h3-6H,2H2,1H3. The summed E-state index contributed by atoms with van der Waals surface area (Å²) in [6.45, 7) is 1.90. The van der Waals surface area contributed by atoms with Crippen molar-refractivity contribution in [1.29, 1.82) is 0 Å². The molecule has 0 bridgehead atoms. The van der Waals surface area contributed by atoms with E-state index in [1.54, 1.807) is 12.1 Å². The van der Waals surface area contributed by atoms with E-state index in [4.69, 9.17) is 8.83 Å². The Hall–Kier alpha value is -2.70. The number of fused-ring (bicyclic) bond motifs is 1. The van der Waals surface area contributed by atoms with Crippen LogP contribution in [-0.2, 0) is 6.42 Å². The van der Waals surface area contributed by atoms with Gasteiger partial charge in [0.1, 0.15) is 5.58 Å². The van der Waals surface area contributed by atoms with Crippen LogP contribution in [-0.4, -0.2) is 15.1 Å². The van der Waals surface area contributed by atoms with Gasteiger partial charge in [-0.2, -0.15) is 0 Å². The first-order valence-electron chi connectivity index (χ1n) is 5.68. The summed E-state index contributed by atoms with van der Waals surface area (Å²) in [5, 5.41) is 19.0. The summed E-state index contributed by atoms with van der Waals surface area (Å²) in [6.07, 6.45) is 0.638. The number of hydrogen-bond donors (Lipinski definition) is 0. The number of nitrogens with zero attached hydrogens (tertiary/aromatic N) is 3. The Balaban J connectivity index is 2.08. The summed E-state index contributed by atoms with van der Waals surface area (Å²) >= 11 is 0. The normalized spacial score (nSPS) is 11.0. The lowest BCUT2D eigenvalue weighted by Gasteiger charge is -1.89. The number of non-ortho nitro benzene ring substituents is 1. The fourth-order valence-electron chi connectivity index (χ4n) is 1.75. The number of benzene rings is 1. The van der Waals surface area contributed by atoms with E-state index >= 15 is 0 Å². The highest BCUT2D eigenvalue weighted by molar-refractivity contribution is 5.83. The van der Waals surface area contributed by atoms with Crippen LogP contribution in [0.3, 0.4) is 0 Å². The lowest BCUT2D eigenvalue weighted by Crippen LogP contribution is -1.85. The number of hydrogen-bond acceptors (Lipinski definition) is 6. The maximum atomic E-state index is 10.7. The molecule has 0 saturated heterocycles. The van der Waals surface area contributed by atoms with Crippen LogP contribution < -0.4 is 0 Å². The molecule has 0 atom stereocenters. The fourth-order valence-corrected chi connectivity index (χ4v) is 1.75. The summed E-state index contributed by atoms with van der Waals surface area (Å²) in [7, 11) is 0. The van der Waals surface area contributed by atoms with Crippen LogP contribution in [0.15, 0.2) is 33.1 Å². The third kappa shape index (κ3) is 1.95. The first-order chi connectivity index (χ1) is 9.17. The number of rotatable bonds is 3. The molecule has 0 radical (unpaired) electrons. The second-order valence-corrected chi connectivity index (χ2v) is 3.94. The molecule has 0 amide bonds. The first kappa shape index (κ1) is 11.4. The van der Waals surface area contributed by atoms with Crippen LogP contribution in [0.1, 0.15) is 12.8 Å². The molecule has 0 aliphatic heterocycles. The Kier molecular flexibility index (Phi) is 2.52. The van der Waals surface area contributed by atoms with E-state index in [2.05, 4.69) is 10.2 Å². The van der Waals surface area contributed by atoms with Gasteiger partial charge in [-0.1, -0.05) is 6.92 Å². The third-order valence-electron chi connectivity index (χ3n) is 2.69. The van der Waals surface area contributed by atoms with Crippen molar-refractivity contribution in [2.24, 2.45) is 0 Å². The summed E-state index contributed by atoms with van der Waals surface area (Å²) in [4.78, 5) is 10.2. The molecular weight excluding hydrogens is 250 g/mol. The van der Waals surface area contributed by atoms with Crippen molar-refractivity contribution in [3.8, 4) is 11.7 Å². The largest absolute Gasteiger partial charge is 0.451 e. The number of aromatic nitrogens is 2. The highest BCUT2D eigenvalue weighted by Crippen LogP contribution is 2.29. The van der Waals surface area contributed by atoms with Crippen LogP contribution in [0.5, 0.6) is 0 Å². The van der Waals surface area contributed by atoms with Crippen molar-refractivity contribution in [3.63, 3.8) is 0 Å². The van der Waals surface area contributed by atoms with E-state index in [1.165, 1.54) is 12.1 Å². The summed E-state index contributed by atoms with van der Waals surface area (Å²) in [5.41, 5.74) is 0.552. The summed E-state index contributed by atoms with van der Waals surface area (Å²) in [5.74, 6) is 1.19.